The zero-order valence-corrected chi connectivity index (χ0v) is 7.67. The number of benzene rings is 1. The molecule has 0 aliphatic rings. The Morgan fingerprint density at radius 2 is 1.54 bits per heavy atom. The van der Waals surface area contributed by atoms with Crippen molar-refractivity contribution in [3.8, 4) is 0 Å². The molecule has 13 heavy (non-hydrogen) atoms. The van der Waals surface area contributed by atoms with Gasteiger partial charge in [-0.1, -0.05) is 0 Å². The quantitative estimate of drug-likeness (QED) is 0.710. The van der Waals surface area contributed by atoms with Gasteiger partial charge in [0.1, 0.15) is 0 Å². The van der Waals surface area contributed by atoms with Gasteiger partial charge in [-0.3, -0.25) is 0 Å². The average Bonchev–Trinajstić information content (AvgIpc) is 1.99. The molecule has 74 valence electrons. The topological polar surface area (TPSA) is 26.0 Å². The minimum absolute atomic E-state index is 0. The maximum Gasteiger partial charge on any atom is 0.194 e. The van der Waals surface area contributed by atoms with Crippen LogP contribution in [0.15, 0.2) is 12.1 Å². The van der Waals surface area contributed by atoms with Gasteiger partial charge in [-0.15, -0.1) is 12.4 Å². The monoisotopic (exact) mass is 211 g/mol. The van der Waals surface area contributed by atoms with Gasteiger partial charge in [0.05, 0.1) is 0 Å². The molecule has 1 aromatic carbocycles. The van der Waals surface area contributed by atoms with Crippen molar-refractivity contribution in [1.82, 2.24) is 0 Å². The summed E-state index contributed by atoms with van der Waals surface area (Å²) in [7, 11) is 0. The first-order chi connectivity index (χ1) is 5.52. The highest BCUT2D eigenvalue weighted by atomic mass is 35.5. The van der Waals surface area contributed by atoms with E-state index in [1.165, 1.54) is 0 Å². The van der Waals surface area contributed by atoms with Crippen molar-refractivity contribution in [2.24, 2.45) is 5.73 Å². The van der Waals surface area contributed by atoms with Crippen molar-refractivity contribution in [1.29, 1.82) is 0 Å². The lowest BCUT2D eigenvalue weighted by Gasteiger charge is -2.05. The Morgan fingerprint density at radius 1 is 1.15 bits per heavy atom. The van der Waals surface area contributed by atoms with Crippen molar-refractivity contribution in [3.63, 3.8) is 0 Å². The third kappa shape index (κ3) is 2.60. The lowest BCUT2D eigenvalue weighted by Crippen LogP contribution is -2.07. The first-order valence-electron chi connectivity index (χ1n) is 3.42. The molecule has 0 bridgehead atoms. The molecule has 0 heterocycles. The molecule has 1 nitrogen and oxygen atoms in total. The number of halogens is 4. The molecule has 0 aromatic heterocycles. The van der Waals surface area contributed by atoms with Gasteiger partial charge in [-0.2, -0.15) is 0 Å². The van der Waals surface area contributed by atoms with Crippen LogP contribution in [0.2, 0.25) is 0 Å². The van der Waals surface area contributed by atoms with Crippen molar-refractivity contribution < 1.29 is 13.2 Å². The van der Waals surface area contributed by atoms with Crippen LogP contribution in [-0.4, -0.2) is 0 Å². The SMILES string of the molecule is CC(N)c1cc(F)c(F)c(F)c1.Cl. The molecule has 2 N–H and O–H groups in total. The lowest BCUT2D eigenvalue weighted by molar-refractivity contribution is 0.444. The minimum Gasteiger partial charge on any atom is -0.324 e. The van der Waals surface area contributed by atoms with E-state index < -0.39 is 23.5 Å². The Hall–Kier alpha value is -0.740. The molecule has 0 saturated carbocycles. The van der Waals surface area contributed by atoms with Crippen LogP contribution in [0, 0.1) is 17.5 Å². The standard InChI is InChI=1S/C8H8F3N.ClH/c1-4(12)5-2-6(9)8(11)7(10)3-5;/h2-4H,12H2,1H3;1H. The van der Waals surface area contributed by atoms with Gasteiger partial charge in [0.15, 0.2) is 17.5 Å². The van der Waals surface area contributed by atoms with E-state index in [4.69, 9.17) is 5.73 Å². The fourth-order valence-electron chi connectivity index (χ4n) is 0.838. The molecule has 0 aliphatic carbocycles. The third-order valence-corrected chi connectivity index (χ3v) is 1.53. The summed E-state index contributed by atoms with van der Waals surface area (Å²) in [5.74, 6) is -3.87. The van der Waals surface area contributed by atoms with Crippen molar-refractivity contribution >= 4 is 12.4 Å². The Bertz CT molecular complexity index is 278. The summed E-state index contributed by atoms with van der Waals surface area (Å²) >= 11 is 0. The second-order valence-electron chi connectivity index (χ2n) is 2.59. The van der Waals surface area contributed by atoms with E-state index in [-0.39, 0.29) is 18.0 Å². The summed E-state index contributed by atoms with van der Waals surface area (Å²) in [5.41, 5.74) is 5.59. The first kappa shape index (κ1) is 12.3. The molecule has 1 rings (SSSR count). The highest BCUT2D eigenvalue weighted by molar-refractivity contribution is 5.85. The van der Waals surface area contributed by atoms with Crippen LogP contribution in [0.3, 0.4) is 0 Å². The second kappa shape index (κ2) is 4.48. The van der Waals surface area contributed by atoms with Crippen LogP contribution in [-0.2, 0) is 0 Å². The van der Waals surface area contributed by atoms with E-state index in [0.29, 0.717) is 0 Å². The van der Waals surface area contributed by atoms with Crippen molar-refractivity contribution in [2.75, 3.05) is 0 Å². The summed E-state index contributed by atoms with van der Waals surface area (Å²) in [6.45, 7) is 1.56. The molecule has 0 amide bonds. The van der Waals surface area contributed by atoms with Crippen molar-refractivity contribution in [3.05, 3.63) is 35.1 Å². The summed E-state index contributed by atoms with van der Waals surface area (Å²) in [5, 5.41) is 0. The van der Waals surface area contributed by atoms with Crippen LogP contribution < -0.4 is 5.73 Å². The van der Waals surface area contributed by atoms with Gasteiger partial charge in [-0.05, 0) is 24.6 Å². The van der Waals surface area contributed by atoms with E-state index in [9.17, 15) is 13.2 Å². The predicted octanol–water partition coefficient (Wildman–Crippen LogP) is 2.55. The Balaban J connectivity index is 0.00000144. The molecule has 0 fully saturated rings. The van der Waals surface area contributed by atoms with E-state index in [1.807, 2.05) is 0 Å². The molecular weight excluding hydrogens is 203 g/mol. The summed E-state index contributed by atoms with van der Waals surface area (Å²) in [6, 6.07) is 1.28. The van der Waals surface area contributed by atoms with Gasteiger partial charge < -0.3 is 5.73 Å². The summed E-state index contributed by atoms with van der Waals surface area (Å²) < 4.78 is 37.4. The van der Waals surface area contributed by atoms with E-state index >= 15 is 0 Å². The average molecular weight is 212 g/mol. The Labute approximate surface area is 80.2 Å². The minimum atomic E-state index is -1.46. The molecule has 0 saturated heterocycles. The van der Waals surface area contributed by atoms with Crippen LogP contribution in [0.5, 0.6) is 0 Å². The van der Waals surface area contributed by atoms with Crippen LogP contribution in [0.1, 0.15) is 18.5 Å². The van der Waals surface area contributed by atoms with Gasteiger partial charge in [0, 0.05) is 6.04 Å². The molecule has 5 heteroatoms. The van der Waals surface area contributed by atoms with Crippen LogP contribution in [0.25, 0.3) is 0 Å². The maximum absolute atomic E-state index is 12.5. The third-order valence-electron chi connectivity index (χ3n) is 1.53. The van der Waals surface area contributed by atoms with Crippen LogP contribution >= 0.6 is 12.4 Å². The van der Waals surface area contributed by atoms with E-state index in [1.54, 1.807) is 6.92 Å². The van der Waals surface area contributed by atoms with Gasteiger partial charge in [0.2, 0.25) is 0 Å². The fraction of sp³-hybridized carbons (Fsp3) is 0.250. The largest absolute Gasteiger partial charge is 0.324 e. The lowest BCUT2D eigenvalue weighted by atomic mass is 10.1. The smallest absolute Gasteiger partial charge is 0.194 e. The molecule has 1 unspecified atom stereocenters. The second-order valence-corrected chi connectivity index (χ2v) is 2.59. The fourth-order valence-corrected chi connectivity index (χ4v) is 0.838. The van der Waals surface area contributed by atoms with Gasteiger partial charge in [-0.25, -0.2) is 13.2 Å². The Kier molecular flexibility index (Phi) is 4.23. The number of hydrogen-bond donors (Lipinski definition) is 1. The summed E-state index contributed by atoms with van der Waals surface area (Å²) in [6.07, 6.45) is 0. The highest BCUT2D eigenvalue weighted by Crippen LogP contribution is 2.17. The Morgan fingerprint density at radius 3 is 1.85 bits per heavy atom. The maximum atomic E-state index is 12.5. The number of hydrogen-bond acceptors (Lipinski definition) is 1. The predicted molar refractivity (Wildman–Crippen MR) is 46.2 cm³/mol. The molecule has 0 spiro atoms. The normalized spacial score (nSPS) is 12.1. The number of nitrogens with two attached hydrogens (primary N) is 1. The zero-order chi connectivity index (χ0) is 9.30. The van der Waals surface area contributed by atoms with E-state index in [2.05, 4.69) is 0 Å². The molecule has 0 aliphatic heterocycles. The first-order valence-corrected chi connectivity index (χ1v) is 3.42. The van der Waals surface area contributed by atoms with Crippen LogP contribution in [0.4, 0.5) is 13.2 Å². The van der Waals surface area contributed by atoms with Crippen molar-refractivity contribution in [2.45, 2.75) is 13.0 Å². The molecule has 0 radical (unpaired) electrons. The zero-order valence-electron chi connectivity index (χ0n) is 6.85. The molecule has 1 atom stereocenters. The van der Waals surface area contributed by atoms with E-state index in [0.717, 1.165) is 12.1 Å². The molecule has 1 aromatic rings. The summed E-state index contributed by atoms with van der Waals surface area (Å²) in [4.78, 5) is 0. The van der Waals surface area contributed by atoms with Gasteiger partial charge >= 0.3 is 0 Å². The molecular formula is C8H9ClF3N. The highest BCUT2D eigenvalue weighted by Gasteiger charge is 2.11. The number of rotatable bonds is 1. The van der Waals surface area contributed by atoms with Gasteiger partial charge in [0.25, 0.3) is 0 Å².